The van der Waals surface area contributed by atoms with Crippen LogP contribution in [0.2, 0.25) is 0 Å². The standard InChI is InChI=1S/C19H18O.C3H8/c1-3-15-9-11-16(12-10-15)18-13-20-14(2)19(18)17-7-5-4-6-8-17;1-3-2/h4-12H,2-3,13H2,1H3;3H2,1-2H3. The number of rotatable bonds is 3. The molecule has 0 saturated heterocycles. The van der Waals surface area contributed by atoms with E-state index in [-0.39, 0.29) is 0 Å². The highest BCUT2D eigenvalue weighted by atomic mass is 16.5. The molecular weight excluding hydrogens is 280 g/mol. The third kappa shape index (κ3) is 4.13. The first-order valence-electron chi connectivity index (χ1n) is 8.41. The van der Waals surface area contributed by atoms with Gasteiger partial charge in [0.25, 0.3) is 0 Å². The number of ether oxygens (including phenoxy) is 1. The number of aryl methyl sites for hydroxylation is 1. The summed E-state index contributed by atoms with van der Waals surface area (Å²) in [7, 11) is 0. The van der Waals surface area contributed by atoms with Crippen molar-refractivity contribution < 1.29 is 4.74 Å². The van der Waals surface area contributed by atoms with Crippen LogP contribution in [-0.4, -0.2) is 6.61 Å². The van der Waals surface area contributed by atoms with Gasteiger partial charge in [-0.1, -0.05) is 88.4 Å². The third-order valence-electron chi connectivity index (χ3n) is 3.74. The van der Waals surface area contributed by atoms with Gasteiger partial charge in [-0.05, 0) is 23.1 Å². The molecule has 0 saturated carbocycles. The highest BCUT2D eigenvalue weighted by molar-refractivity contribution is 5.99. The minimum absolute atomic E-state index is 0.606. The lowest BCUT2D eigenvalue weighted by atomic mass is 9.95. The van der Waals surface area contributed by atoms with Crippen LogP contribution in [-0.2, 0) is 11.2 Å². The molecule has 120 valence electrons. The Balaban J connectivity index is 0.000000595. The summed E-state index contributed by atoms with van der Waals surface area (Å²) in [4.78, 5) is 0. The van der Waals surface area contributed by atoms with Crippen LogP contribution in [0.1, 0.15) is 43.9 Å². The normalized spacial score (nSPS) is 13.4. The Bertz CT molecular complexity index is 663. The molecule has 2 aromatic carbocycles. The van der Waals surface area contributed by atoms with Crippen LogP contribution in [0.15, 0.2) is 66.9 Å². The Kier molecular flexibility index (Phi) is 6.22. The molecule has 0 fully saturated rings. The van der Waals surface area contributed by atoms with Gasteiger partial charge in [0.1, 0.15) is 12.4 Å². The van der Waals surface area contributed by atoms with Crippen molar-refractivity contribution in [1.82, 2.24) is 0 Å². The molecule has 2 aromatic rings. The lowest BCUT2D eigenvalue weighted by molar-refractivity contribution is 0.286. The number of allylic oxidation sites excluding steroid dienone is 1. The molecule has 1 nitrogen and oxygen atoms in total. The highest BCUT2D eigenvalue weighted by Gasteiger charge is 2.22. The van der Waals surface area contributed by atoms with Crippen molar-refractivity contribution in [2.75, 3.05) is 6.61 Å². The van der Waals surface area contributed by atoms with Gasteiger partial charge in [0, 0.05) is 11.1 Å². The maximum atomic E-state index is 5.67. The fraction of sp³-hybridized carbons (Fsp3) is 0.273. The quantitative estimate of drug-likeness (QED) is 0.663. The van der Waals surface area contributed by atoms with Crippen molar-refractivity contribution in [2.45, 2.75) is 33.6 Å². The van der Waals surface area contributed by atoms with Gasteiger partial charge >= 0.3 is 0 Å². The van der Waals surface area contributed by atoms with Crippen molar-refractivity contribution in [3.63, 3.8) is 0 Å². The van der Waals surface area contributed by atoms with Crippen LogP contribution < -0.4 is 0 Å². The molecule has 0 unspecified atom stereocenters. The maximum Gasteiger partial charge on any atom is 0.120 e. The molecule has 1 heterocycles. The molecule has 1 aliphatic rings. The summed E-state index contributed by atoms with van der Waals surface area (Å²) in [5, 5.41) is 0. The first-order valence-corrected chi connectivity index (χ1v) is 8.41. The van der Waals surface area contributed by atoms with Crippen molar-refractivity contribution >= 4 is 11.1 Å². The minimum atomic E-state index is 0.606. The summed E-state index contributed by atoms with van der Waals surface area (Å²) >= 11 is 0. The molecule has 0 atom stereocenters. The van der Waals surface area contributed by atoms with Crippen LogP contribution in [0, 0.1) is 0 Å². The second kappa shape index (κ2) is 8.38. The van der Waals surface area contributed by atoms with E-state index in [1.54, 1.807) is 0 Å². The monoisotopic (exact) mass is 306 g/mol. The Hall–Kier alpha value is -2.28. The predicted molar refractivity (Wildman–Crippen MR) is 100 cm³/mol. The summed E-state index contributed by atoms with van der Waals surface area (Å²) in [5.41, 5.74) is 6.11. The first kappa shape index (κ1) is 17.1. The van der Waals surface area contributed by atoms with Gasteiger partial charge in [-0.3, -0.25) is 0 Å². The van der Waals surface area contributed by atoms with Gasteiger partial charge < -0.3 is 4.74 Å². The Morgan fingerprint density at radius 1 is 0.870 bits per heavy atom. The van der Waals surface area contributed by atoms with Crippen molar-refractivity contribution in [3.8, 4) is 0 Å². The molecule has 0 amide bonds. The second-order valence-corrected chi connectivity index (χ2v) is 5.69. The summed E-state index contributed by atoms with van der Waals surface area (Å²) in [6.45, 7) is 11.1. The fourth-order valence-electron chi connectivity index (χ4n) is 2.58. The molecule has 23 heavy (non-hydrogen) atoms. The Labute approximate surface area is 140 Å². The van der Waals surface area contributed by atoms with Crippen molar-refractivity contribution in [3.05, 3.63) is 83.6 Å². The summed E-state index contributed by atoms with van der Waals surface area (Å²) in [6.07, 6.45) is 2.31. The lowest BCUT2D eigenvalue weighted by Crippen LogP contribution is -1.90. The number of hydrogen-bond donors (Lipinski definition) is 0. The summed E-state index contributed by atoms with van der Waals surface area (Å²) < 4.78 is 5.67. The van der Waals surface area contributed by atoms with Crippen LogP contribution in [0.4, 0.5) is 0 Å². The lowest BCUT2D eigenvalue weighted by Gasteiger charge is -2.07. The van der Waals surface area contributed by atoms with E-state index in [1.807, 2.05) is 18.2 Å². The summed E-state index contributed by atoms with van der Waals surface area (Å²) in [5.74, 6) is 0.769. The van der Waals surface area contributed by atoms with E-state index < -0.39 is 0 Å². The molecular formula is C22H26O. The van der Waals surface area contributed by atoms with E-state index in [0.29, 0.717) is 6.61 Å². The van der Waals surface area contributed by atoms with E-state index in [0.717, 1.165) is 17.8 Å². The molecule has 0 aliphatic carbocycles. The van der Waals surface area contributed by atoms with Crippen LogP contribution in [0.3, 0.4) is 0 Å². The van der Waals surface area contributed by atoms with E-state index in [1.165, 1.54) is 28.7 Å². The maximum absolute atomic E-state index is 5.67. The van der Waals surface area contributed by atoms with E-state index in [4.69, 9.17) is 4.74 Å². The molecule has 3 rings (SSSR count). The van der Waals surface area contributed by atoms with Crippen molar-refractivity contribution in [1.29, 1.82) is 0 Å². The molecule has 0 aromatic heterocycles. The number of hydrogen-bond acceptors (Lipinski definition) is 1. The van der Waals surface area contributed by atoms with Gasteiger partial charge in [0.2, 0.25) is 0 Å². The Morgan fingerprint density at radius 2 is 1.48 bits per heavy atom. The van der Waals surface area contributed by atoms with Gasteiger partial charge in [0.05, 0.1) is 0 Å². The minimum Gasteiger partial charge on any atom is -0.489 e. The van der Waals surface area contributed by atoms with E-state index in [9.17, 15) is 0 Å². The van der Waals surface area contributed by atoms with Gasteiger partial charge in [-0.25, -0.2) is 0 Å². The topological polar surface area (TPSA) is 9.23 Å². The van der Waals surface area contributed by atoms with E-state index >= 15 is 0 Å². The summed E-state index contributed by atoms with van der Waals surface area (Å²) in [6, 6.07) is 19.1. The average Bonchev–Trinajstić information content (AvgIpc) is 2.98. The highest BCUT2D eigenvalue weighted by Crippen LogP contribution is 2.37. The molecule has 0 spiro atoms. The van der Waals surface area contributed by atoms with E-state index in [2.05, 4.69) is 63.7 Å². The molecule has 1 heteroatoms. The largest absolute Gasteiger partial charge is 0.489 e. The molecule has 0 bridgehead atoms. The fourth-order valence-corrected chi connectivity index (χ4v) is 2.58. The molecule has 1 aliphatic heterocycles. The Morgan fingerprint density at radius 3 is 2.04 bits per heavy atom. The van der Waals surface area contributed by atoms with Crippen LogP contribution in [0.5, 0.6) is 0 Å². The first-order chi connectivity index (χ1) is 11.2. The van der Waals surface area contributed by atoms with Gasteiger partial charge in [-0.2, -0.15) is 0 Å². The average molecular weight is 306 g/mol. The van der Waals surface area contributed by atoms with Crippen LogP contribution in [0.25, 0.3) is 11.1 Å². The zero-order valence-corrected chi connectivity index (χ0v) is 14.4. The molecule has 0 radical (unpaired) electrons. The predicted octanol–water partition coefficient (Wildman–Crippen LogP) is 6.12. The second-order valence-electron chi connectivity index (χ2n) is 5.69. The molecule has 0 N–H and O–H groups in total. The van der Waals surface area contributed by atoms with Gasteiger partial charge in [0.15, 0.2) is 0 Å². The van der Waals surface area contributed by atoms with Gasteiger partial charge in [-0.15, -0.1) is 0 Å². The zero-order chi connectivity index (χ0) is 16.7. The smallest absolute Gasteiger partial charge is 0.120 e. The van der Waals surface area contributed by atoms with Crippen molar-refractivity contribution in [2.24, 2.45) is 0 Å². The third-order valence-corrected chi connectivity index (χ3v) is 3.74. The van der Waals surface area contributed by atoms with Crippen LogP contribution >= 0.6 is 0 Å². The number of benzene rings is 2. The SMILES string of the molecule is C=C1OCC(c2ccc(CC)cc2)=C1c1ccccc1.CCC. The zero-order valence-electron chi connectivity index (χ0n) is 14.4.